The van der Waals surface area contributed by atoms with Gasteiger partial charge < -0.3 is 10.8 Å². The number of carbonyl (C=O) groups is 1. The second kappa shape index (κ2) is 6.03. The van der Waals surface area contributed by atoms with Gasteiger partial charge in [-0.3, -0.25) is 4.98 Å². The fourth-order valence-electron chi connectivity index (χ4n) is 2.92. The van der Waals surface area contributed by atoms with Crippen LogP contribution in [0.15, 0.2) is 66.2 Å². The Hall–Kier alpha value is -3.18. The normalized spacial score (nSPS) is 10.9. The van der Waals surface area contributed by atoms with Crippen molar-refractivity contribution < 1.29 is 9.90 Å². The first kappa shape index (κ1) is 15.4. The summed E-state index contributed by atoms with van der Waals surface area (Å²) >= 11 is 1.36. The Morgan fingerprint density at radius 2 is 1.72 bits per heavy atom. The van der Waals surface area contributed by atoms with Crippen LogP contribution in [0.1, 0.15) is 10.4 Å². The van der Waals surface area contributed by atoms with Gasteiger partial charge in [-0.25, -0.2) is 4.79 Å². The Balaban J connectivity index is 1.91. The van der Waals surface area contributed by atoms with Crippen molar-refractivity contribution in [1.29, 1.82) is 0 Å². The topological polar surface area (TPSA) is 76.2 Å². The van der Waals surface area contributed by atoms with Gasteiger partial charge in [0.15, 0.2) is 0 Å². The van der Waals surface area contributed by atoms with Gasteiger partial charge in [-0.1, -0.05) is 48.5 Å². The molecule has 0 saturated heterocycles. The molecule has 4 nitrogen and oxygen atoms in total. The number of hydrogen-bond donors (Lipinski definition) is 2. The second-order valence-corrected chi connectivity index (χ2v) is 6.55. The van der Waals surface area contributed by atoms with Gasteiger partial charge in [0.1, 0.15) is 0 Å². The molecule has 0 aliphatic carbocycles. The molecule has 3 N–H and O–H groups in total. The molecular weight excluding hydrogens is 332 g/mol. The van der Waals surface area contributed by atoms with Gasteiger partial charge in [-0.15, -0.1) is 11.3 Å². The molecule has 0 unspecified atom stereocenters. The molecule has 4 aromatic rings. The van der Waals surface area contributed by atoms with Crippen LogP contribution in [0.2, 0.25) is 0 Å². The lowest BCUT2D eigenvalue weighted by Crippen LogP contribution is -1.98. The number of fused-ring (bicyclic) bond motifs is 1. The van der Waals surface area contributed by atoms with Crippen LogP contribution in [-0.4, -0.2) is 16.1 Å². The Bertz CT molecular complexity index is 1090. The van der Waals surface area contributed by atoms with Crippen LogP contribution in [0.3, 0.4) is 0 Å². The smallest absolute Gasteiger partial charge is 0.337 e. The van der Waals surface area contributed by atoms with Crippen LogP contribution in [-0.2, 0) is 0 Å². The number of anilines is 1. The predicted octanol–water partition coefficient (Wildman–Crippen LogP) is 4.91. The maximum Gasteiger partial charge on any atom is 0.337 e. The van der Waals surface area contributed by atoms with Crippen LogP contribution in [0.4, 0.5) is 5.69 Å². The Labute approximate surface area is 148 Å². The minimum absolute atomic E-state index is 0.223. The highest BCUT2D eigenvalue weighted by atomic mass is 32.1. The predicted molar refractivity (Wildman–Crippen MR) is 102 cm³/mol. The number of carboxylic acids is 1. The zero-order chi connectivity index (χ0) is 17.4. The van der Waals surface area contributed by atoms with Gasteiger partial charge in [0.05, 0.1) is 27.8 Å². The van der Waals surface area contributed by atoms with E-state index in [-0.39, 0.29) is 5.56 Å². The minimum Gasteiger partial charge on any atom is -0.478 e. The lowest BCUT2D eigenvalue weighted by Gasteiger charge is -2.08. The van der Waals surface area contributed by atoms with E-state index in [1.807, 2.05) is 36.4 Å². The van der Waals surface area contributed by atoms with Gasteiger partial charge >= 0.3 is 5.97 Å². The monoisotopic (exact) mass is 346 g/mol. The molecular formula is C20H14N2O2S. The van der Waals surface area contributed by atoms with Gasteiger partial charge in [0.25, 0.3) is 0 Å². The highest BCUT2D eigenvalue weighted by molar-refractivity contribution is 7.18. The zero-order valence-electron chi connectivity index (χ0n) is 13.1. The Morgan fingerprint density at radius 1 is 1.00 bits per heavy atom. The van der Waals surface area contributed by atoms with Crippen molar-refractivity contribution in [2.45, 2.75) is 0 Å². The van der Waals surface area contributed by atoms with Crippen molar-refractivity contribution in [3.63, 3.8) is 0 Å². The molecule has 0 atom stereocenters. The molecule has 0 fully saturated rings. The highest BCUT2D eigenvalue weighted by Crippen LogP contribution is 2.37. The third-order valence-corrected chi connectivity index (χ3v) is 5.09. The maximum atomic E-state index is 11.4. The number of hydrogen-bond acceptors (Lipinski definition) is 4. The number of aromatic nitrogens is 1. The fraction of sp³-hybridized carbons (Fsp3) is 0. The number of benzene rings is 2. The van der Waals surface area contributed by atoms with E-state index in [0.29, 0.717) is 11.1 Å². The van der Waals surface area contributed by atoms with E-state index in [9.17, 15) is 9.90 Å². The third-order valence-electron chi connectivity index (χ3n) is 4.10. The summed E-state index contributed by atoms with van der Waals surface area (Å²) in [4.78, 5) is 15.9. The van der Waals surface area contributed by atoms with Crippen LogP contribution in [0, 0.1) is 0 Å². The van der Waals surface area contributed by atoms with Crippen molar-refractivity contribution in [2.24, 2.45) is 0 Å². The molecule has 25 heavy (non-hydrogen) atoms. The first-order valence-corrected chi connectivity index (χ1v) is 8.58. The summed E-state index contributed by atoms with van der Waals surface area (Å²) < 4.78 is 0.794. The van der Waals surface area contributed by atoms with E-state index in [2.05, 4.69) is 23.2 Å². The van der Waals surface area contributed by atoms with E-state index in [4.69, 9.17) is 5.73 Å². The van der Waals surface area contributed by atoms with E-state index >= 15 is 0 Å². The van der Waals surface area contributed by atoms with Gasteiger partial charge in [0, 0.05) is 16.3 Å². The summed E-state index contributed by atoms with van der Waals surface area (Å²) in [6.07, 6.45) is 1.53. The average Bonchev–Trinajstić information content (AvgIpc) is 3.09. The van der Waals surface area contributed by atoms with Crippen LogP contribution in [0.25, 0.3) is 32.5 Å². The van der Waals surface area contributed by atoms with Crippen molar-refractivity contribution in [3.8, 4) is 22.4 Å². The first-order valence-electron chi connectivity index (χ1n) is 7.70. The number of thiophene rings is 1. The molecule has 0 spiro atoms. The second-order valence-electron chi connectivity index (χ2n) is 5.67. The molecule has 5 heteroatoms. The zero-order valence-corrected chi connectivity index (χ0v) is 14.0. The molecule has 0 aliphatic heterocycles. The van der Waals surface area contributed by atoms with Crippen LogP contribution < -0.4 is 5.73 Å². The van der Waals surface area contributed by atoms with Gasteiger partial charge in [-0.2, -0.15) is 0 Å². The maximum absolute atomic E-state index is 11.4. The summed E-state index contributed by atoms with van der Waals surface area (Å²) in [5, 5.41) is 11.6. The molecule has 122 valence electrons. The Morgan fingerprint density at radius 3 is 2.48 bits per heavy atom. The highest BCUT2D eigenvalue weighted by Gasteiger charge is 2.18. The largest absolute Gasteiger partial charge is 0.478 e. The van der Waals surface area contributed by atoms with Crippen molar-refractivity contribution in [2.75, 3.05) is 5.73 Å². The molecule has 0 bridgehead atoms. The summed E-state index contributed by atoms with van der Waals surface area (Å²) in [6, 6.07) is 18.2. The summed E-state index contributed by atoms with van der Waals surface area (Å²) in [5.74, 6) is -0.979. The van der Waals surface area contributed by atoms with Crippen molar-refractivity contribution in [3.05, 3.63) is 71.7 Å². The summed E-state index contributed by atoms with van der Waals surface area (Å²) in [7, 11) is 0. The van der Waals surface area contributed by atoms with Crippen LogP contribution >= 0.6 is 11.3 Å². The third kappa shape index (κ3) is 2.64. The number of rotatable bonds is 3. The molecule has 0 saturated carbocycles. The summed E-state index contributed by atoms with van der Waals surface area (Å²) in [6.45, 7) is 0. The molecule has 0 aliphatic rings. The Kier molecular flexibility index (Phi) is 3.71. The number of nitrogen functional groups attached to an aromatic ring is 1. The van der Waals surface area contributed by atoms with E-state index in [1.54, 1.807) is 5.38 Å². The fourth-order valence-corrected chi connectivity index (χ4v) is 4.00. The lowest BCUT2D eigenvalue weighted by atomic mass is 10.0. The quantitative estimate of drug-likeness (QED) is 0.552. The summed E-state index contributed by atoms with van der Waals surface area (Å²) in [5.41, 5.74) is 10.5. The van der Waals surface area contributed by atoms with E-state index in [1.165, 1.54) is 17.5 Å². The number of pyridine rings is 1. The van der Waals surface area contributed by atoms with Gasteiger partial charge in [0.2, 0.25) is 0 Å². The minimum atomic E-state index is -0.979. The van der Waals surface area contributed by atoms with Crippen molar-refractivity contribution >= 4 is 33.1 Å². The number of aromatic carboxylic acids is 1. The molecule has 2 aromatic carbocycles. The number of carboxylic acid groups (broad SMARTS) is 1. The van der Waals surface area contributed by atoms with E-state index in [0.717, 1.165) is 27.1 Å². The number of nitrogens with two attached hydrogens (primary N) is 1. The molecule has 0 radical (unpaired) electrons. The average molecular weight is 346 g/mol. The molecule has 2 aromatic heterocycles. The lowest BCUT2D eigenvalue weighted by molar-refractivity contribution is 0.0699. The number of nitrogens with zero attached hydrogens (tertiary/aromatic N) is 1. The molecule has 4 rings (SSSR count). The first-order chi connectivity index (χ1) is 12.1. The van der Waals surface area contributed by atoms with Gasteiger partial charge in [-0.05, 0) is 17.2 Å². The van der Waals surface area contributed by atoms with E-state index < -0.39 is 5.97 Å². The molecule has 0 amide bonds. The SMILES string of the molecule is Nc1cnc(-c2cccc(-c3ccccc3)c2)c2scc(C(=O)O)c12. The molecule has 2 heterocycles. The van der Waals surface area contributed by atoms with Crippen molar-refractivity contribution in [1.82, 2.24) is 4.98 Å². The standard InChI is InChI=1S/C20H14N2O2S/c21-16-10-22-18(19-17(16)15(11-25-19)20(23)24)14-8-4-7-13(9-14)12-5-2-1-3-6-12/h1-11H,21H2,(H,23,24). The van der Waals surface area contributed by atoms with Crippen LogP contribution in [0.5, 0.6) is 0 Å².